The number of aryl methyl sites for hydroxylation is 1. The van der Waals surface area contributed by atoms with Gasteiger partial charge in [0.25, 0.3) is 0 Å². The maximum absolute atomic E-state index is 12.8. The van der Waals surface area contributed by atoms with Gasteiger partial charge in [-0.25, -0.2) is 4.79 Å². The summed E-state index contributed by atoms with van der Waals surface area (Å²) in [5.74, 6) is 1.21. The number of carbonyl (C=O) groups is 2. The standard InChI is InChI=1S/C23H32N4O3S2/c1-27-20(15-10-6-5-7-11-15)25-26-23(27)31-14-18(28)24-21-19(22(29)30-2)16-12-8-3-4-9-13-17(16)32-21/h15H,3-14H2,1-2H3,(H,24,28). The topological polar surface area (TPSA) is 86.1 Å². The van der Waals surface area contributed by atoms with Crippen LogP contribution >= 0.6 is 23.1 Å². The SMILES string of the molecule is COC(=O)c1c(NC(=O)CSc2nnc(C3CCCCC3)n2C)sc2c1CCCCCC2. The molecule has 0 saturated heterocycles. The lowest BCUT2D eigenvalue weighted by Gasteiger charge is -2.20. The zero-order chi connectivity index (χ0) is 22.5. The van der Waals surface area contributed by atoms with Crippen LogP contribution in [0.25, 0.3) is 0 Å². The highest BCUT2D eigenvalue weighted by Crippen LogP contribution is 2.38. The molecular weight excluding hydrogens is 444 g/mol. The molecule has 2 heterocycles. The van der Waals surface area contributed by atoms with Crippen LogP contribution < -0.4 is 5.32 Å². The van der Waals surface area contributed by atoms with Crippen LogP contribution in [0.1, 0.15) is 90.3 Å². The van der Waals surface area contributed by atoms with Crippen LogP contribution in [-0.4, -0.2) is 39.5 Å². The van der Waals surface area contributed by atoms with E-state index >= 15 is 0 Å². The first-order valence-electron chi connectivity index (χ1n) is 11.6. The van der Waals surface area contributed by atoms with Gasteiger partial charge in [-0.2, -0.15) is 0 Å². The maximum Gasteiger partial charge on any atom is 0.341 e. The second-order valence-electron chi connectivity index (χ2n) is 8.69. The minimum Gasteiger partial charge on any atom is -0.465 e. The van der Waals surface area contributed by atoms with Crippen LogP contribution in [0.3, 0.4) is 0 Å². The highest BCUT2D eigenvalue weighted by Gasteiger charge is 2.26. The van der Waals surface area contributed by atoms with Gasteiger partial charge >= 0.3 is 5.97 Å². The van der Waals surface area contributed by atoms with Crippen molar-refractivity contribution in [2.45, 2.75) is 81.7 Å². The second-order valence-corrected chi connectivity index (χ2v) is 10.7. The summed E-state index contributed by atoms with van der Waals surface area (Å²) < 4.78 is 7.08. The van der Waals surface area contributed by atoms with E-state index in [4.69, 9.17) is 4.74 Å². The fourth-order valence-electron chi connectivity index (χ4n) is 4.79. The molecule has 7 nitrogen and oxygen atoms in total. The van der Waals surface area contributed by atoms with E-state index in [0.29, 0.717) is 16.5 Å². The summed E-state index contributed by atoms with van der Waals surface area (Å²) in [5.41, 5.74) is 1.61. The van der Waals surface area contributed by atoms with Gasteiger partial charge < -0.3 is 14.6 Å². The minimum absolute atomic E-state index is 0.142. The predicted octanol–water partition coefficient (Wildman–Crippen LogP) is 5.10. The average molecular weight is 477 g/mol. The van der Waals surface area contributed by atoms with Crippen molar-refractivity contribution in [3.8, 4) is 0 Å². The van der Waals surface area contributed by atoms with Crippen molar-refractivity contribution in [1.82, 2.24) is 14.8 Å². The molecule has 2 aliphatic carbocycles. The van der Waals surface area contributed by atoms with Crippen molar-refractivity contribution < 1.29 is 14.3 Å². The predicted molar refractivity (Wildman–Crippen MR) is 128 cm³/mol. The first-order valence-corrected chi connectivity index (χ1v) is 13.4. The number of anilines is 1. The Hall–Kier alpha value is -1.87. The number of thioether (sulfide) groups is 1. The second kappa shape index (κ2) is 10.8. The molecule has 1 amide bonds. The monoisotopic (exact) mass is 476 g/mol. The van der Waals surface area contributed by atoms with Crippen LogP contribution in [0, 0.1) is 0 Å². The van der Waals surface area contributed by atoms with Crippen LogP contribution in [0.2, 0.25) is 0 Å². The Morgan fingerprint density at radius 1 is 1.09 bits per heavy atom. The molecule has 0 aromatic carbocycles. The normalized spacial score (nSPS) is 17.3. The number of fused-ring (bicyclic) bond motifs is 1. The molecule has 0 radical (unpaired) electrons. The summed E-state index contributed by atoms with van der Waals surface area (Å²) in [6.07, 6.45) is 12.5. The summed E-state index contributed by atoms with van der Waals surface area (Å²) >= 11 is 2.92. The third-order valence-corrected chi connectivity index (χ3v) is 8.71. The lowest BCUT2D eigenvalue weighted by Crippen LogP contribution is -2.17. The van der Waals surface area contributed by atoms with E-state index in [9.17, 15) is 9.59 Å². The molecule has 2 aromatic rings. The van der Waals surface area contributed by atoms with E-state index in [-0.39, 0.29) is 17.6 Å². The van der Waals surface area contributed by atoms with Gasteiger partial charge in [0.05, 0.1) is 18.4 Å². The number of carbonyl (C=O) groups excluding carboxylic acids is 2. The molecule has 4 rings (SSSR count). The largest absolute Gasteiger partial charge is 0.465 e. The Labute approximate surface area is 197 Å². The van der Waals surface area contributed by atoms with E-state index in [1.165, 1.54) is 67.2 Å². The van der Waals surface area contributed by atoms with Crippen molar-refractivity contribution in [1.29, 1.82) is 0 Å². The van der Waals surface area contributed by atoms with Gasteiger partial charge in [-0.15, -0.1) is 21.5 Å². The zero-order valence-electron chi connectivity index (χ0n) is 18.9. The Bertz CT molecular complexity index is 963. The van der Waals surface area contributed by atoms with Crippen molar-refractivity contribution in [3.05, 3.63) is 21.8 Å². The Kier molecular flexibility index (Phi) is 7.88. The van der Waals surface area contributed by atoms with Gasteiger partial charge in [0.15, 0.2) is 5.16 Å². The van der Waals surface area contributed by atoms with Crippen LogP contribution in [-0.2, 0) is 29.4 Å². The number of amides is 1. The summed E-state index contributed by atoms with van der Waals surface area (Å²) in [4.78, 5) is 26.5. The van der Waals surface area contributed by atoms with Gasteiger partial charge in [0.2, 0.25) is 5.91 Å². The fraction of sp³-hybridized carbons (Fsp3) is 0.652. The van der Waals surface area contributed by atoms with E-state index in [1.807, 2.05) is 11.6 Å². The van der Waals surface area contributed by atoms with Crippen molar-refractivity contribution >= 4 is 40.0 Å². The Morgan fingerprint density at radius 3 is 2.56 bits per heavy atom. The van der Waals surface area contributed by atoms with Gasteiger partial charge in [0, 0.05) is 17.8 Å². The number of nitrogens with one attached hydrogen (secondary N) is 1. The first-order chi connectivity index (χ1) is 15.6. The molecule has 0 aliphatic heterocycles. The summed E-state index contributed by atoms with van der Waals surface area (Å²) in [6.45, 7) is 0. The van der Waals surface area contributed by atoms with Gasteiger partial charge in [-0.3, -0.25) is 4.79 Å². The average Bonchev–Trinajstić information content (AvgIpc) is 3.32. The van der Waals surface area contributed by atoms with Crippen molar-refractivity contribution in [2.75, 3.05) is 18.2 Å². The van der Waals surface area contributed by atoms with E-state index in [2.05, 4.69) is 15.5 Å². The van der Waals surface area contributed by atoms with Crippen molar-refractivity contribution in [2.24, 2.45) is 7.05 Å². The minimum atomic E-state index is -0.364. The molecule has 2 aromatic heterocycles. The van der Waals surface area contributed by atoms with Crippen LogP contribution in [0.4, 0.5) is 5.00 Å². The van der Waals surface area contributed by atoms with Gasteiger partial charge in [-0.1, -0.05) is 43.9 Å². The summed E-state index contributed by atoms with van der Waals surface area (Å²) in [5, 5.41) is 13.1. The third-order valence-electron chi connectivity index (χ3n) is 6.49. The lowest BCUT2D eigenvalue weighted by atomic mass is 9.89. The highest BCUT2D eigenvalue weighted by molar-refractivity contribution is 7.99. The Morgan fingerprint density at radius 2 is 1.81 bits per heavy atom. The summed E-state index contributed by atoms with van der Waals surface area (Å²) in [7, 11) is 3.38. The Balaban J connectivity index is 1.43. The van der Waals surface area contributed by atoms with Crippen LogP contribution in [0.5, 0.6) is 0 Å². The molecule has 2 aliphatic rings. The molecule has 0 atom stereocenters. The number of esters is 1. The lowest BCUT2D eigenvalue weighted by molar-refractivity contribution is -0.113. The number of aromatic nitrogens is 3. The fourth-order valence-corrected chi connectivity index (χ4v) is 6.80. The van der Waals surface area contributed by atoms with E-state index in [1.54, 1.807) is 0 Å². The highest BCUT2D eigenvalue weighted by atomic mass is 32.2. The van der Waals surface area contributed by atoms with E-state index < -0.39 is 0 Å². The van der Waals surface area contributed by atoms with E-state index in [0.717, 1.165) is 55.1 Å². The molecule has 0 unspecified atom stereocenters. The molecule has 32 heavy (non-hydrogen) atoms. The first kappa shape index (κ1) is 23.3. The van der Waals surface area contributed by atoms with Crippen LogP contribution in [0.15, 0.2) is 5.16 Å². The number of methoxy groups -OCH3 is 1. The number of hydrogen-bond donors (Lipinski definition) is 1. The van der Waals surface area contributed by atoms with Gasteiger partial charge in [-0.05, 0) is 44.1 Å². The molecular formula is C23H32N4O3S2. The summed E-state index contributed by atoms with van der Waals surface area (Å²) in [6, 6.07) is 0. The molecule has 1 N–H and O–H groups in total. The van der Waals surface area contributed by atoms with Gasteiger partial charge in [0.1, 0.15) is 10.8 Å². The number of hydrogen-bond acceptors (Lipinski definition) is 7. The maximum atomic E-state index is 12.8. The quantitative estimate of drug-likeness (QED) is 0.461. The molecule has 0 bridgehead atoms. The molecule has 0 spiro atoms. The molecule has 174 valence electrons. The smallest absolute Gasteiger partial charge is 0.341 e. The molecule has 1 fully saturated rings. The number of thiophene rings is 1. The number of rotatable bonds is 6. The zero-order valence-corrected chi connectivity index (χ0v) is 20.6. The third kappa shape index (κ3) is 5.20. The molecule has 9 heteroatoms. The molecule has 1 saturated carbocycles. The number of nitrogens with zero attached hydrogens (tertiary/aromatic N) is 3. The number of ether oxygens (including phenoxy) is 1. The van der Waals surface area contributed by atoms with Crippen molar-refractivity contribution in [3.63, 3.8) is 0 Å².